The quantitative estimate of drug-likeness (QED) is 0.568. The smallest absolute Gasteiger partial charge is 0.239 e. The molecule has 18 heavy (non-hydrogen) atoms. The lowest BCUT2D eigenvalue weighted by Gasteiger charge is -2.06. The highest BCUT2D eigenvalue weighted by Crippen LogP contribution is 2.37. The Hall–Kier alpha value is -1.59. The molecule has 0 radical (unpaired) electrons. The Bertz CT molecular complexity index is 331. The van der Waals surface area contributed by atoms with E-state index in [-0.39, 0.29) is 36.6 Å². The van der Waals surface area contributed by atoms with Gasteiger partial charge in [0, 0.05) is 25.4 Å². The summed E-state index contributed by atoms with van der Waals surface area (Å²) in [6.07, 6.45) is 1.14. The van der Waals surface area contributed by atoms with Crippen LogP contribution in [0.25, 0.3) is 0 Å². The minimum Gasteiger partial charge on any atom is -0.355 e. The van der Waals surface area contributed by atoms with E-state index in [1.54, 1.807) is 0 Å². The van der Waals surface area contributed by atoms with Crippen molar-refractivity contribution in [3.63, 3.8) is 0 Å². The highest BCUT2D eigenvalue weighted by Gasteiger charge is 2.38. The molecular weight excluding hydrogens is 234 g/mol. The second-order valence-corrected chi connectivity index (χ2v) is 4.59. The van der Waals surface area contributed by atoms with Gasteiger partial charge in [-0.25, -0.2) is 0 Å². The normalized spacial score (nSPS) is 21.0. The molecule has 1 aliphatic carbocycles. The van der Waals surface area contributed by atoms with Crippen LogP contribution < -0.4 is 16.0 Å². The Labute approximate surface area is 107 Å². The van der Waals surface area contributed by atoms with Crippen molar-refractivity contribution in [1.29, 1.82) is 0 Å². The average Bonchev–Trinajstić information content (AvgIpc) is 3.04. The third-order valence-electron chi connectivity index (χ3n) is 2.92. The fourth-order valence-corrected chi connectivity index (χ4v) is 1.64. The van der Waals surface area contributed by atoms with Crippen LogP contribution in [0.1, 0.15) is 26.7 Å². The van der Waals surface area contributed by atoms with Crippen LogP contribution in [0.2, 0.25) is 0 Å². The van der Waals surface area contributed by atoms with E-state index in [9.17, 15) is 14.4 Å². The van der Waals surface area contributed by atoms with E-state index in [1.165, 1.54) is 0 Å². The highest BCUT2D eigenvalue weighted by molar-refractivity contribution is 5.85. The van der Waals surface area contributed by atoms with Crippen LogP contribution in [-0.2, 0) is 14.4 Å². The molecule has 102 valence electrons. The molecule has 2 atom stereocenters. The second kappa shape index (κ2) is 6.98. The highest BCUT2D eigenvalue weighted by atomic mass is 16.2. The van der Waals surface area contributed by atoms with E-state index in [4.69, 9.17) is 0 Å². The second-order valence-electron chi connectivity index (χ2n) is 4.59. The molecule has 0 aromatic carbocycles. The molecule has 0 spiro atoms. The van der Waals surface area contributed by atoms with E-state index in [1.807, 2.05) is 13.8 Å². The van der Waals surface area contributed by atoms with E-state index < -0.39 is 0 Å². The van der Waals surface area contributed by atoms with Gasteiger partial charge in [0.25, 0.3) is 0 Å². The summed E-state index contributed by atoms with van der Waals surface area (Å²) in [6.45, 7) is 4.70. The van der Waals surface area contributed by atoms with E-state index in [2.05, 4.69) is 16.0 Å². The summed E-state index contributed by atoms with van der Waals surface area (Å²) in [5, 5.41) is 7.79. The molecule has 0 aromatic heterocycles. The summed E-state index contributed by atoms with van der Waals surface area (Å²) in [6, 6.07) is 0. The standard InChI is InChI=1S/C12H21N3O3/c1-3-13-11(17)7-15-10(16)4-5-14-12(18)9-6-8(9)2/h8-9H,3-7H2,1-2H3,(H,13,17)(H,14,18)(H,15,16)/t8-,9+/m0/s1. The van der Waals surface area contributed by atoms with Crippen LogP contribution in [0.15, 0.2) is 0 Å². The van der Waals surface area contributed by atoms with Crippen molar-refractivity contribution >= 4 is 17.7 Å². The first-order chi connectivity index (χ1) is 8.54. The summed E-state index contributed by atoms with van der Waals surface area (Å²) in [5.74, 6) is 0.186. The van der Waals surface area contributed by atoms with Gasteiger partial charge in [-0.15, -0.1) is 0 Å². The Balaban J connectivity index is 2.03. The molecule has 0 heterocycles. The third-order valence-corrected chi connectivity index (χ3v) is 2.92. The molecule has 6 heteroatoms. The Morgan fingerprint density at radius 1 is 1.11 bits per heavy atom. The zero-order chi connectivity index (χ0) is 13.5. The van der Waals surface area contributed by atoms with Crippen LogP contribution in [0.4, 0.5) is 0 Å². The van der Waals surface area contributed by atoms with Crippen LogP contribution in [0.3, 0.4) is 0 Å². The molecule has 0 saturated heterocycles. The Kier molecular flexibility index (Phi) is 5.61. The maximum absolute atomic E-state index is 11.4. The predicted molar refractivity (Wildman–Crippen MR) is 66.6 cm³/mol. The summed E-state index contributed by atoms with van der Waals surface area (Å²) >= 11 is 0. The van der Waals surface area contributed by atoms with Gasteiger partial charge in [-0.3, -0.25) is 14.4 Å². The topological polar surface area (TPSA) is 87.3 Å². The summed E-state index contributed by atoms with van der Waals surface area (Å²) < 4.78 is 0. The first-order valence-corrected chi connectivity index (χ1v) is 6.35. The SMILES string of the molecule is CCNC(=O)CNC(=O)CCNC(=O)[C@@H]1C[C@@H]1C. The van der Waals surface area contributed by atoms with Gasteiger partial charge < -0.3 is 16.0 Å². The lowest BCUT2D eigenvalue weighted by molar-refractivity contribution is -0.126. The maximum atomic E-state index is 11.4. The Morgan fingerprint density at radius 3 is 2.33 bits per heavy atom. The fourth-order valence-electron chi connectivity index (χ4n) is 1.64. The van der Waals surface area contributed by atoms with E-state index in [0.29, 0.717) is 19.0 Å². The summed E-state index contributed by atoms with van der Waals surface area (Å²) in [7, 11) is 0. The molecule has 0 unspecified atom stereocenters. The van der Waals surface area contributed by atoms with Crippen molar-refractivity contribution in [3.05, 3.63) is 0 Å². The lowest BCUT2D eigenvalue weighted by Crippen LogP contribution is -2.38. The van der Waals surface area contributed by atoms with Crippen molar-refractivity contribution in [2.24, 2.45) is 11.8 Å². The molecule has 0 bridgehead atoms. The van der Waals surface area contributed by atoms with Gasteiger partial charge in [0.2, 0.25) is 17.7 Å². The van der Waals surface area contributed by atoms with Crippen molar-refractivity contribution in [3.8, 4) is 0 Å². The van der Waals surface area contributed by atoms with Crippen molar-refractivity contribution < 1.29 is 14.4 Å². The molecule has 1 saturated carbocycles. The summed E-state index contributed by atoms with van der Waals surface area (Å²) in [5.41, 5.74) is 0. The van der Waals surface area contributed by atoms with E-state index >= 15 is 0 Å². The molecule has 1 rings (SSSR count). The van der Waals surface area contributed by atoms with Crippen molar-refractivity contribution in [1.82, 2.24) is 16.0 Å². The predicted octanol–water partition coefficient (Wildman–Crippen LogP) is -0.599. The number of amides is 3. The molecule has 0 aliphatic heterocycles. The number of hydrogen-bond acceptors (Lipinski definition) is 3. The van der Waals surface area contributed by atoms with E-state index in [0.717, 1.165) is 6.42 Å². The maximum Gasteiger partial charge on any atom is 0.239 e. The number of likely N-dealkylation sites (N-methyl/N-ethyl adjacent to an activating group) is 1. The first kappa shape index (κ1) is 14.5. The van der Waals surface area contributed by atoms with Gasteiger partial charge in [-0.2, -0.15) is 0 Å². The Morgan fingerprint density at radius 2 is 1.78 bits per heavy atom. The largest absolute Gasteiger partial charge is 0.355 e. The molecule has 3 N–H and O–H groups in total. The number of rotatable bonds is 7. The van der Waals surface area contributed by atoms with Gasteiger partial charge in [0.05, 0.1) is 6.54 Å². The number of carbonyl (C=O) groups is 3. The van der Waals surface area contributed by atoms with Gasteiger partial charge in [0.1, 0.15) is 0 Å². The van der Waals surface area contributed by atoms with Crippen molar-refractivity contribution in [2.45, 2.75) is 26.7 Å². The minimum absolute atomic E-state index is 0.0136. The number of nitrogens with one attached hydrogen (secondary N) is 3. The molecular formula is C12H21N3O3. The average molecular weight is 255 g/mol. The first-order valence-electron chi connectivity index (χ1n) is 6.35. The monoisotopic (exact) mass is 255 g/mol. The zero-order valence-corrected chi connectivity index (χ0v) is 10.9. The summed E-state index contributed by atoms with van der Waals surface area (Å²) in [4.78, 5) is 33.8. The molecule has 1 fully saturated rings. The molecule has 6 nitrogen and oxygen atoms in total. The minimum atomic E-state index is -0.231. The zero-order valence-electron chi connectivity index (χ0n) is 10.9. The molecule has 1 aliphatic rings. The van der Waals surface area contributed by atoms with Crippen LogP contribution >= 0.6 is 0 Å². The van der Waals surface area contributed by atoms with Gasteiger partial charge in [-0.1, -0.05) is 6.92 Å². The van der Waals surface area contributed by atoms with Gasteiger partial charge in [0.15, 0.2) is 0 Å². The number of hydrogen-bond donors (Lipinski definition) is 3. The fraction of sp³-hybridized carbons (Fsp3) is 0.750. The van der Waals surface area contributed by atoms with Crippen LogP contribution in [0, 0.1) is 11.8 Å². The van der Waals surface area contributed by atoms with Crippen LogP contribution in [-0.4, -0.2) is 37.4 Å². The third kappa shape index (κ3) is 5.16. The lowest BCUT2D eigenvalue weighted by atomic mass is 10.3. The van der Waals surface area contributed by atoms with Crippen LogP contribution in [0.5, 0.6) is 0 Å². The van der Waals surface area contributed by atoms with Gasteiger partial charge in [-0.05, 0) is 19.3 Å². The van der Waals surface area contributed by atoms with Crippen molar-refractivity contribution in [2.75, 3.05) is 19.6 Å². The molecule has 0 aromatic rings. The number of carbonyl (C=O) groups excluding carboxylic acids is 3. The van der Waals surface area contributed by atoms with Gasteiger partial charge >= 0.3 is 0 Å². The molecule has 3 amide bonds.